The number of morpholine rings is 1. The van der Waals surface area contributed by atoms with E-state index in [1.807, 2.05) is 23.9 Å². The predicted molar refractivity (Wildman–Crippen MR) is 135 cm³/mol. The fraction of sp³-hybridized carbons (Fsp3) is 0.593. The summed E-state index contributed by atoms with van der Waals surface area (Å²) in [6.07, 6.45) is 4.16. The van der Waals surface area contributed by atoms with Crippen LogP contribution < -0.4 is 4.90 Å². The number of aromatic nitrogens is 4. The van der Waals surface area contributed by atoms with Crippen LogP contribution in [0, 0.1) is 13.8 Å². The van der Waals surface area contributed by atoms with Gasteiger partial charge in [-0.25, -0.2) is 19.0 Å². The molecule has 0 radical (unpaired) electrons. The van der Waals surface area contributed by atoms with E-state index in [-0.39, 0.29) is 5.92 Å². The normalized spacial score (nSPS) is 30.6. The molecule has 4 saturated heterocycles. The third kappa shape index (κ3) is 3.79. The smallest absolute Gasteiger partial charge is 0.159 e. The zero-order valence-corrected chi connectivity index (χ0v) is 20.9. The molecule has 4 aliphatic heterocycles. The molecule has 7 rings (SSSR count). The Morgan fingerprint density at radius 2 is 1.89 bits per heavy atom. The Morgan fingerprint density at radius 1 is 1.00 bits per heavy atom. The highest BCUT2D eigenvalue weighted by Gasteiger charge is 2.40. The van der Waals surface area contributed by atoms with Gasteiger partial charge >= 0.3 is 0 Å². The maximum absolute atomic E-state index is 15.6. The van der Waals surface area contributed by atoms with Gasteiger partial charge in [0, 0.05) is 43.1 Å². The van der Waals surface area contributed by atoms with Gasteiger partial charge in [0.25, 0.3) is 0 Å². The molecule has 0 spiro atoms. The van der Waals surface area contributed by atoms with Crippen molar-refractivity contribution in [1.29, 1.82) is 0 Å². The molecule has 2 bridgehead atoms. The second-order valence-electron chi connectivity index (χ2n) is 10.9. The number of benzene rings is 1. The quantitative estimate of drug-likeness (QED) is 0.553. The van der Waals surface area contributed by atoms with Crippen LogP contribution in [0.4, 0.5) is 10.2 Å². The third-order valence-corrected chi connectivity index (χ3v) is 8.57. The van der Waals surface area contributed by atoms with E-state index in [9.17, 15) is 0 Å². The van der Waals surface area contributed by atoms with E-state index in [0.29, 0.717) is 30.6 Å². The van der Waals surface area contributed by atoms with Gasteiger partial charge in [0.15, 0.2) is 5.82 Å². The Morgan fingerprint density at radius 3 is 2.64 bits per heavy atom. The maximum Gasteiger partial charge on any atom is 0.159 e. The summed E-state index contributed by atoms with van der Waals surface area (Å²) in [5.74, 6) is 2.28. The SMILES string of the molecule is Cc1nc(N2CC3CC2CO3)cc(-n2ncc3cc(C)c(C4CCN(C5CCOC5)CC4F)cc32)n1. The lowest BCUT2D eigenvalue weighted by Crippen LogP contribution is -2.46. The molecule has 2 aromatic heterocycles. The molecule has 0 N–H and O–H groups in total. The first-order chi connectivity index (χ1) is 17.5. The van der Waals surface area contributed by atoms with Crippen LogP contribution in [0.5, 0.6) is 0 Å². The molecule has 36 heavy (non-hydrogen) atoms. The van der Waals surface area contributed by atoms with Crippen LogP contribution in [0.25, 0.3) is 16.7 Å². The number of hydrogen-bond acceptors (Lipinski definition) is 7. The number of nitrogens with zero attached hydrogens (tertiary/aromatic N) is 6. The monoisotopic (exact) mass is 492 g/mol. The Labute approximate surface area is 210 Å². The van der Waals surface area contributed by atoms with Crippen molar-refractivity contribution in [2.75, 3.05) is 44.4 Å². The first-order valence-corrected chi connectivity index (χ1v) is 13.2. The molecule has 5 atom stereocenters. The van der Waals surface area contributed by atoms with Crippen molar-refractivity contribution in [3.63, 3.8) is 0 Å². The molecule has 1 aromatic carbocycles. The molecule has 5 unspecified atom stereocenters. The van der Waals surface area contributed by atoms with Crippen LogP contribution in [0.1, 0.15) is 42.1 Å². The average molecular weight is 493 g/mol. The van der Waals surface area contributed by atoms with Crippen molar-refractivity contribution < 1.29 is 13.9 Å². The van der Waals surface area contributed by atoms with E-state index in [0.717, 1.165) is 85.8 Å². The second-order valence-corrected chi connectivity index (χ2v) is 10.9. The molecule has 0 aliphatic carbocycles. The minimum atomic E-state index is -0.896. The summed E-state index contributed by atoms with van der Waals surface area (Å²) in [6, 6.07) is 7.06. The highest BCUT2D eigenvalue weighted by Crippen LogP contribution is 2.37. The summed E-state index contributed by atoms with van der Waals surface area (Å²) in [5, 5.41) is 5.74. The summed E-state index contributed by atoms with van der Waals surface area (Å²) in [5.41, 5.74) is 3.17. The summed E-state index contributed by atoms with van der Waals surface area (Å²) < 4.78 is 28.8. The predicted octanol–water partition coefficient (Wildman–Crippen LogP) is 3.33. The van der Waals surface area contributed by atoms with Crippen molar-refractivity contribution in [2.45, 2.75) is 63.4 Å². The van der Waals surface area contributed by atoms with Gasteiger partial charge in [-0.1, -0.05) is 0 Å². The number of anilines is 1. The first-order valence-electron chi connectivity index (χ1n) is 13.2. The zero-order chi connectivity index (χ0) is 24.4. The number of aryl methyl sites for hydroxylation is 2. The van der Waals surface area contributed by atoms with Crippen LogP contribution in [0.15, 0.2) is 24.4 Å². The van der Waals surface area contributed by atoms with Crippen molar-refractivity contribution in [1.82, 2.24) is 24.6 Å². The number of rotatable bonds is 4. The molecule has 3 aromatic rings. The highest BCUT2D eigenvalue weighted by molar-refractivity contribution is 5.82. The maximum atomic E-state index is 15.6. The van der Waals surface area contributed by atoms with E-state index in [2.05, 4.69) is 28.9 Å². The summed E-state index contributed by atoms with van der Waals surface area (Å²) >= 11 is 0. The lowest BCUT2D eigenvalue weighted by atomic mass is 9.84. The molecule has 4 fully saturated rings. The summed E-state index contributed by atoms with van der Waals surface area (Å²) in [7, 11) is 0. The lowest BCUT2D eigenvalue weighted by molar-refractivity contribution is 0.0728. The Bertz CT molecular complexity index is 1290. The van der Waals surface area contributed by atoms with Gasteiger partial charge in [-0.3, -0.25) is 4.90 Å². The van der Waals surface area contributed by atoms with Crippen LogP contribution in [-0.4, -0.2) is 88.5 Å². The fourth-order valence-corrected chi connectivity index (χ4v) is 6.68. The number of hydrogen-bond donors (Lipinski definition) is 0. The Hall–Kier alpha value is -2.62. The molecule has 8 nitrogen and oxygen atoms in total. The number of halogens is 1. The van der Waals surface area contributed by atoms with Crippen molar-refractivity contribution in [3.8, 4) is 5.82 Å². The minimum Gasteiger partial charge on any atom is -0.380 e. The Kier molecular flexibility index (Phi) is 5.48. The van der Waals surface area contributed by atoms with Crippen molar-refractivity contribution in [2.24, 2.45) is 0 Å². The molecule has 4 aliphatic rings. The second kappa shape index (κ2) is 8.75. The summed E-state index contributed by atoms with van der Waals surface area (Å²) in [6.45, 7) is 8.55. The summed E-state index contributed by atoms with van der Waals surface area (Å²) in [4.78, 5) is 14.1. The number of piperidine rings is 1. The minimum absolute atomic E-state index is 0.112. The first kappa shape index (κ1) is 22.6. The number of fused-ring (bicyclic) bond motifs is 3. The standard InChI is InChI=1S/C27H33FN6O2/c1-16-7-18-11-29-34(27-10-26(30-17(2)31-27)33-12-21-8-20(33)15-36-21)25(18)9-23(16)22-3-5-32(13-24(22)28)19-4-6-35-14-19/h7,9-11,19-22,24H,3-6,8,12-15H2,1-2H3. The molecule has 6 heterocycles. The number of ether oxygens (including phenoxy) is 2. The van der Waals surface area contributed by atoms with Gasteiger partial charge in [-0.15, -0.1) is 0 Å². The molecule has 0 amide bonds. The van der Waals surface area contributed by atoms with Crippen molar-refractivity contribution in [3.05, 3.63) is 41.3 Å². The van der Waals surface area contributed by atoms with E-state index >= 15 is 4.39 Å². The van der Waals surface area contributed by atoms with Gasteiger partial charge in [0.2, 0.25) is 0 Å². The number of likely N-dealkylation sites (tertiary alicyclic amines) is 1. The molecule has 9 heteroatoms. The van der Waals surface area contributed by atoms with E-state index in [1.165, 1.54) is 0 Å². The fourth-order valence-electron chi connectivity index (χ4n) is 6.68. The van der Waals surface area contributed by atoms with Crippen LogP contribution >= 0.6 is 0 Å². The largest absolute Gasteiger partial charge is 0.380 e. The van der Waals surface area contributed by atoms with E-state index in [1.54, 1.807) is 0 Å². The highest BCUT2D eigenvalue weighted by atomic mass is 19.1. The van der Waals surface area contributed by atoms with Crippen LogP contribution in [0.3, 0.4) is 0 Å². The zero-order valence-electron chi connectivity index (χ0n) is 20.9. The van der Waals surface area contributed by atoms with Gasteiger partial charge in [-0.05, 0) is 62.9 Å². The van der Waals surface area contributed by atoms with Crippen molar-refractivity contribution >= 4 is 16.7 Å². The van der Waals surface area contributed by atoms with Gasteiger partial charge in [0.1, 0.15) is 17.8 Å². The topological polar surface area (TPSA) is 68.5 Å². The lowest BCUT2D eigenvalue weighted by Gasteiger charge is -2.38. The molecule has 190 valence electrons. The average Bonchev–Trinajstić information content (AvgIpc) is 3.68. The number of alkyl halides is 1. The van der Waals surface area contributed by atoms with Gasteiger partial charge in [0.05, 0.1) is 37.1 Å². The van der Waals surface area contributed by atoms with Gasteiger partial charge < -0.3 is 14.4 Å². The Balaban J connectivity index is 1.21. The third-order valence-electron chi connectivity index (χ3n) is 8.57. The van der Waals surface area contributed by atoms with Crippen LogP contribution in [0.2, 0.25) is 0 Å². The van der Waals surface area contributed by atoms with E-state index < -0.39 is 6.17 Å². The van der Waals surface area contributed by atoms with Gasteiger partial charge in [-0.2, -0.15) is 5.10 Å². The molecule has 0 saturated carbocycles. The van der Waals surface area contributed by atoms with E-state index in [4.69, 9.17) is 24.5 Å². The van der Waals surface area contributed by atoms with Crippen LogP contribution in [-0.2, 0) is 9.47 Å². The molecular formula is C27H33FN6O2. The molecular weight excluding hydrogens is 459 g/mol.